The van der Waals surface area contributed by atoms with Crippen LogP contribution < -0.4 is 11.1 Å². The Morgan fingerprint density at radius 3 is 2.38 bits per heavy atom. The molecule has 174 valence electrons. The maximum absolute atomic E-state index is 13.4. The highest BCUT2D eigenvalue weighted by Crippen LogP contribution is 2.26. The highest BCUT2D eigenvalue weighted by atomic mass is 16.5. The van der Waals surface area contributed by atoms with Crippen molar-refractivity contribution in [1.82, 2.24) is 10.1 Å². The molecular formula is C25H36N4O3. The van der Waals surface area contributed by atoms with Crippen LogP contribution in [0.5, 0.6) is 0 Å². The Kier molecular flexibility index (Phi) is 7.72. The lowest BCUT2D eigenvalue weighted by Crippen LogP contribution is -2.42. The summed E-state index contributed by atoms with van der Waals surface area (Å²) < 4.78 is 5.21. The van der Waals surface area contributed by atoms with E-state index in [1.54, 1.807) is 18.7 Å². The summed E-state index contributed by atoms with van der Waals surface area (Å²) in [5, 5.41) is 6.98. The normalized spacial score (nSPS) is 14.9. The molecule has 7 heteroatoms. The molecule has 0 saturated heterocycles. The van der Waals surface area contributed by atoms with Crippen molar-refractivity contribution in [2.24, 2.45) is 17.1 Å². The summed E-state index contributed by atoms with van der Waals surface area (Å²) in [7, 11) is 0. The Morgan fingerprint density at radius 1 is 1.16 bits per heavy atom. The van der Waals surface area contributed by atoms with Crippen LogP contribution in [-0.2, 0) is 11.3 Å². The number of amides is 2. The van der Waals surface area contributed by atoms with Gasteiger partial charge in [0.05, 0.1) is 5.69 Å². The van der Waals surface area contributed by atoms with Crippen LogP contribution in [0.4, 0.5) is 5.69 Å². The van der Waals surface area contributed by atoms with E-state index in [1.165, 1.54) is 6.42 Å². The number of nitrogens with two attached hydrogens (primary N) is 1. The monoisotopic (exact) mass is 440 g/mol. The van der Waals surface area contributed by atoms with E-state index in [0.717, 1.165) is 36.9 Å². The summed E-state index contributed by atoms with van der Waals surface area (Å²) in [5.41, 5.74) is 8.57. The molecule has 1 heterocycles. The summed E-state index contributed by atoms with van der Waals surface area (Å²) in [4.78, 5) is 27.7. The van der Waals surface area contributed by atoms with Crippen molar-refractivity contribution < 1.29 is 14.1 Å². The van der Waals surface area contributed by atoms with Crippen molar-refractivity contribution in [1.29, 1.82) is 0 Å². The van der Waals surface area contributed by atoms with Crippen LogP contribution in [0.1, 0.15) is 73.3 Å². The fourth-order valence-corrected chi connectivity index (χ4v) is 4.25. The third-order valence-corrected chi connectivity index (χ3v) is 6.28. The second kappa shape index (κ2) is 10.3. The number of rotatable bonds is 8. The molecule has 0 aliphatic heterocycles. The van der Waals surface area contributed by atoms with Gasteiger partial charge < -0.3 is 20.5 Å². The van der Waals surface area contributed by atoms with E-state index < -0.39 is 0 Å². The number of aryl methyl sites for hydroxylation is 2. The van der Waals surface area contributed by atoms with E-state index in [1.807, 2.05) is 38.1 Å². The summed E-state index contributed by atoms with van der Waals surface area (Å²) in [6, 6.07) is 7.73. The van der Waals surface area contributed by atoms with Gasteiger partial charge in [-0.05, 0) is 56.3 Å². The smallest absolute Gasteiger partial charge is 0.259 e. The molecule has 1 aromatic heterocycles. The molecule has 2 amide bonds. The van der Waals surface area contributed by atoms with E-state index in [0.29, 0.717) is 36.7 Å². The largest absolute Gasteiger partial charge is 0.361 e. The predicted octanol–water partition coefficient (Wildman–Crippen LogP) is 4.44. The molecule has 32 heavy (non-hydrogen) atoms. The van der Waals surface area contributed by atoms with Crippen LogP contribution in [0.3, 0.4) is 0 Å². The molecule has 3 rings (SSSR count). The standard InChI is InChI=1S/C25H36N4O3/c1-17-22(18(2)32-28-17)24(31)29(16-25(3,4)15-26)14-19-10-12-21(13-11-19)27-23(30)20-8-6-5-7-9-20/h10-13,20H,5-9,14-16,26H2,1-4H3,(H,27,30). The number of hydrogen-bond donors (Lipinski definition) is 2. The van der Waals surface area contributed by atoms with Gasteiger partial charge in [-0.2, -0.15) is 0 Å². The Bertz CT molecular complexity index is 908. The van der Waals surface area contributed by atoms with Crippen molar-refractivity contribution in [2.45, 2.75) is 66.3 Å². The molecule has 1 fully saturated rings. The van der Waals surface area contributed by atoms with Crippen LogP contribution in [0.2, 0.25) is 0 Å². The second-order valence-corrected chi connectivity index (χ2v) is 9.75. The number of nitrogens with zero attached hydrogens (tertiary/aromatic N) is 2. The number of aromatic nitrogens is 1. The van der Waals surface area contributed by atoms with E-state index in [-0.39, 0.29) is 23.1 Å². The number of hydrogen-bond acceptors (Lipinski definition) is 5. The van der Waals surface area contributed by atoms with Gasteiger partial charge in [-0.15, -0.1) is 0 Å². The highest BCUT2D eigenvalue weighted by Gasteiger charge is 2.28. The van der Waals surface area contributed by atoms with Crippen LogP contribution in [0.15, 0.2) is 28.8 Å². The molecule has 1 aliphatic carbocycles. The SMILES string of the molecule is Cc1noc(C)c1C(=O)N(Cc1ccc(NC(=O)C2CCCCC2)cc1)CC(C)(C)CN. The summed E-state index contributed by atoms with van der Waals surface area (Å²) >= 11 is 0. The van der Waals surface area contributed by atoms with Gasteiger partial charge in [0.25, 0.3) is 5.91 Å². The molecule has 1 aromatic carbocycles. The highest BCUT2D eigenvalue weighted by molar-refractivity contribution is 5.96. The fourth-order valence-electron chi connectivity index (χ4n) is 4.25. The molecule has 1 aliphatic rings. The Hall–Kier alpha value is -2.67. The number of nitrogens with one attached hydrogen (secondary N) is 1. The molecule has 0 unspecified atom stereocenters. The zero-order valence-electron chi connectivity index (χ0n) is 19.7. The van der Waals surface area contributed by atoms with Crippen molar-refractivity contribution in [3.63, 3.8) is 0 Å². The summed E-state index contributed by atoms with van der Waals surface area (Å²) in [6.07, 6.45) is 5.43. The molecule has 7 nitrogen and oxygen atoms in total. The van der Waals surface area contributed by atoms with Crippen LogP contribution in [-0.4, -0.2) is 35.0 Å². The Balaban J connectivity index is 1.72. The first-order valence-electron chi connectivity index (χ1n) is 11.5. The molecular weight excluding hydrogens is 404 g/mol. The zero-order valence-corrected chi connectivity index (χ0v) is 19.7. The lowest BCUT2D eigenvalue weighted by Gasteiger charge is -2.32. The minimum Gasteiger partial charge on any atom is -0.361 e. The Morgan fingerprint density at radius 2 is 1.81 bits per heavy atom. The lowest BCUT2D eigenvalue weighted by molar-refractivity contribution is -0.120. The van der Waals surface area contributed by atoms with Crippen LogP contribution in [0, 0.1) is 25.2 Å². The van der Waals surface area contributed by atoms with E-state index in [2.05, 4.69) is 10.5 Å². The van der Waals surface area contributed by atoms with Crippen molar-refractivity contribution >= 4 is 17.5 Å². The number of carbonyl (C=O) groups is 2. The third kappa shape index (κ3) is 5.97. The van der Waals surface area contributed by atoms with Gasteiger partial charge in [0.1, 0.15) is 11.3 Å². The quantitative estimate of drug-likeness (QED) is 0.632. The van der Waals surface area contributed by atoms with Gasteiger partial charge in [-0.3, -0.25) is 9.59 Å². The van der Waals surface area contributed by atoms with Gasteiger partial charge in [0, 0.05) is 24.7 Å². The minimum atomic E-state index is -0.234. The van der Waals surface area contributed by atoms with E-state index in [4.69, 9.17) is 10.3 Å². The second-order valence-electron chi connectivity index (χ2n) is 9.75. The van der Waals surface area contributed by atoms with Crippen LogP contribution in [0.25, 0.3) is 0 Å². The van der Waals surface area contributed by atoms with Crippen molar-refractivity contribution in [2.75, 3.05) is 18.4 Å². The van der Waals surface area contributed by atoms with Gasteiger partial charge >= 0.3 is 0 Å². The summed E-state index contributed by atoms with van der Waals surface area (Å²) in [5.74, 6) is 0.628. The first-order valence-corrected chi connectivity index (χ1v) is 11.5. The molecule has 2 aromatic rings. The zero-order chi connectivity index (χ0) is 23.3. The number of benzene rings is 1. The molecule has 1 saturated carbocycles. The third-order valence-electron chi connectivity index (χ3n) is 6.28. The van der Waals surface area contributed by atoms with E-state index >= 15 is 0 Å². The molecule has 0 atom stereocenters. The first-order chi connectivity index (χ1) is 15.2. The van der Waals surface area contributed by atoms with Gasteiger partial charge in [-0.1, -0.05) is 50.4 Å². The maximum atomic E-state index is 13.4. The fraction of sp³-hybridized carbons (Fsp3) is 0.560. The number of anilines is 1. The topological polar surface area (TPSA) is 101 Å². The minimum absolute atomic E-state index is 0.109. The average Bonchev–Trinajstić information content (AvgIpc) is 3.12. The maximum Gasteiger partial charge on any atom is 0.259 e. The number of carbonyl (C=O) groups excluding carboxylic acids is 2. The van der Waals surface area contributed by atoms with Crippen molar-refractivity contribution in [3.05, 3.63) is 46.8 Å². The lowest BCUT2D eigenvalue weighted by atomic mass is 9.88. The molecule has 3 N–H and O–H groups in total. The summed E-state index contributed by atoms with van der Waals surface area (Å²) in [6.45, 7) is 9.03. The Labute approximate surface area is 190 Å². The average molecular weight is 441 g/mol. The van der Waals surface area contributed by atoms with Gasteiger partial charge in [0.15, 0.2) is 0 Å². The molecule has 0 bridgehead atoms. The van der Waals surface area contributed by atoms with Crippen LogP contribution >= 0.6 is 0 Å². The predicted molar refractivity (Wildman–Crippen MR) is 125 cm³/mol. The van der Waals surface area contributed by atoms with Gasteiger partial charge in [0.2, 0.25) is 5.91 Å². The molecule has 0 radical (unpaired) electrons. The first kappa shape index (κ1) is 24.0. The van der Waals surface area contributed by atoms with E-state index in [9.17, 15) is 9.59 Å². The van der Waals surface area contributed by atoms with Gasteiger partial charge in [-0.25, -0.2) is 0 Å². The van der Waals surface area contributed by atoms with Crippen molar-refractivity contribution in [3.8, 4) is 0 Å². The molecule has 0 spiro atoms.